The lowest BCUT2D eigenvalue weighted by atomic mass is 10.2. The number of benzene rings is 1. The Morgan fingerprint density at radius 3 is 2.57 bits per heavy atom. The van der Waals surface area contributed by atoms with Crippen molar-refractivity contribution >= 4 is 27.5 Å². The number of rotatable bonds is 4. The Morgan fingerprint density at radius 1 is 1.29 bits per heavy atom. The fraction of sp³-hybridized carbons (Fsp3) is 0.562. The fourth-order valence-electron chi connectivity index (χ4n) is 2.60. The van der Waals surface area contributed by atoms with Crippen LogP contribution in [0.2, 0.25) is 0 Å². The van der Waals surface area contributed by atoms with Gasteiger partial charge in [-0.1, -0.05) is 12.8 Å². The summed E-state index contributed by atoms with van der Waals surface area (Å²) >= 11 is 3.50. The van der Waals surface area contributed by atoms with Crippen molar-refractivity contribution in [3.05, 3.63) is 22.7 Å². The summed E-state index contributed by atoms with van der Waals surface area (Å²) in [4.78, 5) is 14.5. The van der Waals surface area contributed by atoms with Crippen LogP contribution in [0, 0.1) is 0 Å². The van der Waals surface area contributed by atoms with Crippen LogP contribution in [-0.2, 0) is 4.79 Å². The second-order valence-electron chi connectivity index (χ2n) is 5.45. The van der Waals surface area contributed by atoms with Gasteiger partial charge in [0.05, 0.1) is 12.8 Å². The van der Waals surface area contributed by atoms with E-state index in [1.165, 1.54) is 12.8 Å². The van der Waals surface area contributed by atoms with E-state index in [0.717, 1.165) is 41.8 Å². The number of hydrogen-bond acceptors (Lipinski definition) is 3. The minimum Gasteiger partial charge on any atom is -0.497 e. The molecule has 1 aliphatic rings. The number of methoxy groups -OCH3 is 1. The van der Waals surface area contributed by atoms with Gasteiger partial charge in [-0.2, -0.15) is 0 Å². The molecule has 1 N–H and O–H groups in total. The van der Waals surface area contributed by atoms with Crippen molar-refractivity contribution in [3.8, 4) is 5.75 Å². The molecule has 1 fully saturated rings. The van der Waals surface area contributed by atoms with Crippen LogP contribution in [0.25, 0.3) is 0 Å². The monoisotopic (exact) mass is 354 g/mol. The van der Waals surface area contributed by atoms with Crippen LogP contribution >= 0.6 is 15.9 Å². The van der Waals surface area contributed by atoms with Crippen LogP contribution < -0.4 is 10.1 Å². The van der Waals surface area contributed by atoms with Crippen molar-refractivity contribution in [1.82, 2.24) is 4.90 Å². The van der Waals surface area contributed by atoms with Crippen LogP contribution in [0.15, 0.2) is 22.7 Å². The molecular weight excluding hydrogens is 332 g/mol. The molecule has 1 saturated heterocycles. The molecule has 2 rings (SSSR count). The van der Waals surface area contributed by atoms with Gasteiger partial charge in [0.2, 0.25) is 5.91 Å². The van der Waals surface area contributed by atoms with Crippen molar-refractivity contribution in [2.24, 2.45) is 0 Å². The number of hydrogen-bond donors (Lipinski definition) is 1. The Bertz CT molecular complexity index is 485. The van der Waals surface area contributed by atoms with Crippen LogP contribution in [0.1, 0.15) is 32.6 Å². The molecular formula is C16H23BrN2O2. The quantitative estimate of drug-likeness (QED) is 0.896. The van der Waals surface area contributed by atoms with E-state index in [0.29, 0.717) is 0 Å². The maximum Gasteiger partial charge on any atom is 0.244 e. The molecule has 0 bridgehead atoms. The number of likely N-dealkylation sites (tertiary alicyclic amines) is 1. The second-order valence-corrected chi connectivity index (χ2v) is 6.31. The molecule has 1 atom stereocenters. The van der Waals surface area contributed by atoms with Crippen molar-refractivity contribution in [3.63, 3.8) is 0 Å². The number of anilines is 1. The Labute approximate surface area is 135 Å². The summed E-state index contributed by atoms with van der Waals surface area (Å²) in [5, 5.41) is 3.28. The summed E-state index contributed by atoms with van der Waals surface area (Å²) in [7, 11) is 1.64. The molecule has 0 spiro atoms. The molecule has 0 aromatic heterocycles. The Morgan fingerprint density at radius 2 is 1.95 bits per heavy atom. The highest BCUT2D eigenvalue weighted by Gasteiger charge is 2.21. The predicted octanol–water partition coefficient (Wildman–Crippen LogP) is 3.66. The lowest BCUT2D eigenvalue weighted by Crippen LogP contribution is -2.41. The van der Waals surface area contributed by atoms with Crippen LogP contribution in [0.5, 0.6) is 5.75 Å². The molecule has 1 aliphatic heterocycles. The average Bonchev–Trinajstić information content (AvgIpc) is 2.77. The van der Waals surface area contributed by atoms with Gasteiger partial charge in [-0.15, -0.1) is 0 Å². The van der Waals surface area contributed by atoms with Crippen molar-refractivity contribution < 1.29 is 9.53 Å². The molecule has 1 unspecified atom stereocenters. The number of halogens is 1. The summed E-state index contributed by atoms with van der Waals surface area (Å²) in [6, 6.07) is 5.46. The van der Waals surface area contributed by atoms with Crippen LogP contribution in [-0.4, -0.2) is 37.0 Å². The Kier molecular flexibility index (Phi) is 5.91. The molecule has 116 valence electrons. The molecule has 0 aliphatic carbocycles. The fourth-order valence-corrected chi connectivity index (χ4v) is 2.96. The standard InChI is InChI=1S/C16H23BrN2O2/c1-12(16(20)19-9-5-3-4-6-10-19)18-15-11-13(21-2)7-8-14(15)17/h7-8,11-12,18H,3-6,9-10H2,1-2H3. The summed E-state index contributed by atoms with van der Waals surface area (Å²) < 4.78 is 6.16. The van der Waals surface area contributed by atoms with E-state index < -0.39 is 0 Å². The highest BCUT2D eigenvalue weighted by atomic mass is 79.9. The van der Waals surface area contributed by atoms with Gasteiger partial charge in [0.25, 0.3) is 0 Å². The average molecular weight is 355 g/mol. The zero-order valence-corrected chi connectivity index (χ0v) is 14.3. The number of nitrogens with zero attached hydrogens (tertiary/aromatic N) is 1. The van der Waals surface area contributed by atoms with Gasteiger partial charge in [-0.25, -0.2) is 0 Å². The first kappa shape index (κ1) is 16.1. The minimum absolute atomic E-state index is 0.173. The van der Waals surface area contributed by atoms with E-state index >= 15 is 0 Å². The lowest BCUT2D eigenvalue weighted by Gasteiger charge is -2.25. The van der Waals surface area contributed by atoms with Gasteiger partial charge < -0.3 is 15.0 Å². The van der Waals surface area contributed by atoms with Crippen molar-refractivity contribution in [2.75, 3.05) is 25.5 Å². The van der Waals surface area contributed by atoms with Crippen molar-refractivity contribution in [2.45, 2.75) is 38.6 Å². The molecule has 1 aromatic rings. The second kappa shape index (κ2) is 7.69. The zero-order valence-electron chi connectivity index (χ0n) is 12.7. The third-order valence-electron chi connectivity index (χ3n) is 3.83. The molecule has 1 aromatic carbocycles. The maximum atomic E-state index is 12.5. The summed E-state index contributed by atoms with van der Waals surface area (Å²) in [5.74, 6) is 0.946. The third kappa shape index (κ3) is 4.37. The summed E-state index contributed by atoms with van der Waals surface area (Å²) in [6.45, 7) is 3.67. The number of carbonyl (C=O) groups is 1. The maximum absolute atomic E-state index is 12.5. The number of amides is 1. The first-order valence-electron chi connectivity index (χ1n) is 7.50. The Hall–Kier alpha value is -1.23. The normalized spacial score (nSPS) is 17.0. The summed E-state index contributed by atoms with van der Waals surface area (Å²) in [5.41, 5.74) is 0.880. The highest BCUT2D eigenvalue weighted by molar-refractivity contribution is 9.10. The van der Waals surface area contributed by atoms with Gasteiger partial charge in [-0.3, -0.25) is 4.79 Å². The highest BCUT2D eigenvalue weighted by Crippen LogP contribution is 2.28. The first-order valence-corrected chi connectivity index (χ1v) is 8.30. The number of carbonyl (C=O) groups excluding carboxylic acids is 1. The van der Waals surface area contributed by atoms with Gasteiger partial charge >= 0.3 is 0 Å². The van der Waals surface area contributed by atoms with Gasteiger partial charge in [0, 0.05) is 23.6 Å². The SMILES string of the molecule is COc1ccc(Br)c(NC(C)C(=O)N2CCCCCC2)c1. The van der Waals surface area contributed by atoms with Gasteiger partial charge in [-0.05, 0) is 47.8 Å². The van der Waals surface area contributed by atoms with E-state index in [1.54, 1.807) is 7.11 Å². The molecule has 21 heavy (non-hydrogen) atoms. The molecule has 5 heteroatoms. The Balaban J connectivity index is 2.02. The van der Waals surface area contributed by atoms with Crippen LogP contribution in [0.4, 0.5) is 5.69 Å². The topological polar surface area (TPSA) is 41.6 Å². The molecule has 0 saturated carbocycles. The predicted molar refractivity (Wildman–Crippen MR) is 88.8 cm³/mol. The summed E-state index contributed by atoms with van der Waals surface area (Å²) in [6.07, 6.45) is 4.68. The molecule has 1 heterocycles. The number of ether oxygens (including phenoxy) is 1. The van der Waals surface area contributed by atoms with Crippen molar-refractivity contribution in [1.29, 1.82) is 0 Å². The van der Waals surface area contributed by atoms with Gasteiger partial charge in [0.1, 0.15) is 11.8 Å². The van der Waals surface area contributed by atoms with Crippen LogP contribution in [0.3, 0.4) is 0 Å². The van der Waals surface area contributed by atoms with E-state index in [2.05, 4.69) is 21.2 Å². The molecule has 1 amide bonds. The smallest absolute Gasteiger partial charge is 0.244 e. The van der Waals surface area contributed by atoms with E-state index in [1.807, 2.05) is 30.0 Å². The zero-order chi connectivity index (χ0) is 15.2. The number of nitrogens with one attached hydrogen (secondary N) is 1. The molecule has 0 radical (unpaired) electrons. The van der Waals surface area contributed by atoms with Gasteiger partial charge in [0.15, 0.2) is 0 Å². The van der Waals surface area contributed by atoms with E-state index in [-0.39, 0.29) is 11.9 Å². The van der Waals surface area contributed by atoms with E-state index in [4.69, 9.17) is 4.74 Å². The largest absolute Gasteiger partial charge is 0.497 e. The first-order chi connectivity index (χ1) is 10.1. The minimum atomic E-state index is -0.244. The molecule has 4 nitrogen and oxygen atoms in total. The lowest BCUT2D eigenvalue weighted by molar-refractivity contribution is -0.131. The third-order valence-corrected chi connectivity index (χ3v) is 4.53. The van der Waals surface area contributed by atoms with E-state index in [9.17, 15) is 4.79 Å².